The van der Waals surface area contributed by atoms with Crippen molar-refractivity contribution in [2.45, 2.75) is 45.1 Å². The van der Waals surface area contributed by atoms with Gasteiger partial charge in [-0.25, -0.2) is 0 Å². The van der Waals surface area contributed by atoms with E-state index in [9.17, 15) is 0 Å². The van der Waals surface area contributed by atoms with Crippen LogP contribution in [0.1, 0.15) is 39.0 Å². The Balaban J connectivity index is 1.74. The highest BCUT2D eigenvalue weighted by Gasteiger charge is 2.23. The first-order valence-electron chi connectivity index (χ1n) is 8.68. The molecule has 1 fully saturated rings. The van der Waals surface area contributed by atoms with E-state index in [1.54, 1.807) is 0 Å². The Kier molecular flexibility index (Phi) is 5.28. The molecule has 0 bridgehead atoms. The highest BCUT2D eigenvalue weighted by Crippen LogP contribution is 2.26. The molecule has 3 rings (SSSR count). The van der Waals surface area contributed by atoms with Gasteiger partial charge in [-0.15, -0.1) is 0 Å². The second-order valence-corrected chi connectivity index (χ2v) is 6.42. The van der Waals surface area contributed by atoms with E-state index in [1.165, 1.54) is 61.7 Å². The first-order chi connectivity index (χ1) is 10.9. The number of hydrogen-bond acceptors (Lipinski definition) is 3. The SMILES string of the molecule is CCCCC(Nc1ccc2cnccc2c1)C1CCNCC1. The fourth-order valence-corrected chi connectivity index (χ4v) is 3.48. The highest BCUT2D eigenvalue weighted by atomic mass is 14.9. The zero-order chi connectivity index (χ0) is 15.2. The van der Waals surface area contributed by atoms with Crippen LogP contribution < -0.4 is 10.6 Å². The number of anilines is 1. The molecule has 2 N–H and O–H groups in total. The van der Waals surface area contributed by atoms with E-state index in [1.807, 2.05) is 12.4 Å². The van der Waals surface area contributed by atoms with Crippen LogP contribution in [0.25, 0.3) is 10.8 Å². The lowest BCUT2D eigenvalue weighted by atomic mass is 9.87. The Morgan fingerprint density at radius 3 is 2.91 bits per heavy atom. The van der Waals surface area contributed by atoms with E-state index < -0.39 is 0 Å². The molecule has 1 aromatic heterocycles. The van der Waals surface area contributed by atoms with Crippen molar-refractivity contribution in [3.63, 3.8) is 0 Å². The lowest BCUT2D eigenvalue weighted by Crippen LogP contribution is -2.37. The summed E-state index contributed by atoms with van der Waals surface area (Å²) in [7, 11) is 0. The molecule has 118 valence electrons. The van der Waals surface area contributed by atoms with Gasteiger partial charge >= 0.3 is 0 Å². The van der Waals surface area contributed by atoms with Crippen molar-refractivity contribution in [1.82, 2.24) is 10.3 Å². The van der Waals surface area contributed by atoms with E-state index in [2.05, 4.69) is 46.8 Å². The molecule has 0 saturated carbocycles. The summed E-state index contributed by atoms with van der Waals surface area (Å²) in [6.07, 6.45) is 10.2. The maximum Gasteiger partial charge on any atom is 0.0348 e. The summed E-state index contributed by atoms with van der Waals surface area (Å²) < 4.78 is 0. The van der Waals surface area contributed by atoms with Gasteiger partial charge in [-0.3, -0.25) is 4.98 Å². The van der Waals surface area contributed by atoms with Gasteiger partial charge in [0.25, 0.3) is 0 Å². The largest absolute Gasteiger partial charge is 0.382 e. The molecule has 1 unspecified atom stereocenters. The van der Waals surface area contributed by atoms with Gasteiger partial charge in [-0.1, -0.05) is 25.8 Å². The molecule has 1 aliphatic rings. The molecule has 1 aromatic carbocycles. The molecule has 0 spiro atoms. The summed E-state index contributed by atoms with van der Waals surface area (Å²) >= 11 is 0. The van der Waals surface area contributed by atoms with Gasteiger partial charge in [-0.05, 0) is 61.9 Å². The van der Waals surface area contributed by atoms with Crippen molar-refractivity contribution < 1.29 is 0 Å². The minimum atomic E-state index is 0.598. The van der Waals surface area contributed by atoms with Crippen LogP contribution in [0, 0.1) is 5.92 Å². The second-order valence-electron chi connectivity index (χ2n) is 6.42. The van der Waals surface area contributed by atoms with Crippen molar-refractivity contribution in [2.75, 3.05) is 18.4 Å². The lowest BCUT2D eigenvalue weighted by Gasteiger charge is -2.32. The zero-order valence-corrected chi connectivity index (χ0v) is 13.5. The third-order valence-corrected chi connectivity index (χ3v) is 4.81. The van der Waals surface area contributed by atoms with Gasteiger partial charge in [0.15, 0.2) is 0 Å². The minimum absolute atomic E-state index is 0.598. The van der Waals surface area contributed by atoms with Gasteiger partial charge in [-0.2, -0.15) is 0 Å². The molecule has 0 amide bonds. The van der Waals surface area contributed by atoms with Crippen LogP contribution >= 0.6 is 0 Å². The Morgan fingerprint density at radius 1 is 1.23 bits per heavy atom. The number of rotatable bonds is 6. The minimum Gasteiger partial charge on any atom is -0.382 e. The van der Waals surface area contributed by atoms with Crippen molar-refractivity contribution >= 4 is 16.5 Å². The van der Waals surface area contributed by atoms with E-state index in [0.29, 0.717) is 6.04 Å². The van der Waals surface area contributed by atoms with E-state index >= 15 is 0 Å². The van der Waals surface area contributed by atoms with E-state index in [4.69, 9.17) is 0 Å². The van der Waals surface area contributed by atoms with Crippen LogP contribution in [-0.2, 0) is 0 Å². The van der Waals surface area contributed by atoms with Gasteiger partial charge in [0.1, 0.15) is 0 Å². The van der Waals surface area contributed by atoms with Crippen molar-refractivity contribution in [3.8, 4) is 0 Å². The maximum atomic E-state index is 4.19. The molecule has 22 heavy (non-hydrogen) atoms. The van der Waals surface area contributed by atoms with Gasteiger partial charge < -0.3 is 10.6 Å². The number of benzene rings is 1. The monoisotopic (exact) mass is 297 g/mol. The van der Waals surface area contributed by atoms with E-state index in [0.717, 1.165) is 5.92 Å². The van der Waals surface area contributed by atoms with Crippen LogP contribution in [0.4, 0.5) is 5.69 Å². The third-order valence-electron chi connectivity index (χ3n) is 4.81. The highest BCUT2D eigenvalue weighted by molar-refractivity contribution is 5.84. The molecule has 1 aliphatic heterocycles. The zero-order valence-electron chi connectivity index (χ0n) is 13.5. The number of hydrogen-bond donors (Lipinski definition) is 2. The molecule has 2 heterocycles. The van der Waals surface area contributed by atoms with E-state index in [-0.39, 0.29) is 0 Å². The van der Waals surface area contributed by atoms with Gasteiger partial charge in [0.05, 0.1) is 0 Å². The standard InChI is InChI=1S/C19H27N3/c1-2-3-4-19(15-7-10-20-11-8-15)22-18-6-5-17-14-21-12-9-16(17)13-18/h5-6,9,12-15,19-20,22H,2-4,7-8,10-11H2,1H3. The summed E-state index contributed by atoms with van der Waals surface area (Å²) in [4.78, 5) is 4.19. The Labute approximate surface area is 133 Å². The van der Waals surface area contributed by atoms with Crippen LogP contribution in [0.5, 0.6) is 0 Å². The number of aromatic nitrogens is 1. The first kappa shape index (κ1) is 15.3. The van der Waals surface area contributed by atoms with Crippen molar-refractivity contribution in [2.24, 2.45) is 5.92 Å². The molecular weight excluding hydrogens is 270 g/mol. The third kappa shape index (κ3) is 3.77. The topological polar surface area (TPSA) is 37.0 Å². The summed E-state index contributed by atoms with van der Waals surface area (Å²) in [5.74, 6) is 0.793. The average Bonchev–Trinajstić information content (AvgIpc) is 2.59. The Hall–Kier alpha value is -1.61. The molecule has 1 saturated heterocycles. The molecular formula is C19H27N3. The number of nitrogens with zero attached hydrogens (tertiary/aromatic N) is 1. The predicted molar refractivity (Wildman–Crippen MR) is 94.3 cm³/mol. The van der Waals surface area contributed by atoms with Crippen LogP contribution in [0.15, 0.2) is 36.7 Å². The maximum absolute atomic E-state index is 4.19. The van der Waals surface area contributed by atoms with Gasteiger partial charge in [0, 0.05) is 29.5 Å². The summed E-state index contributed by atoms with van der Waals surface area (Å²) in [6, 6.07) is 9.32. The van der Waals surface area contributed by atoms with Crippen LogP contribution in [0.3, 0.4) is 0 Å². The number of piperidine rings is 1. The fourth-order valence-electron chi connectivity index (χ4n) is 3.48. The average molecular weight is 297 g/mol. The fraction of sp³-hybridized carbons (Fsp3) is 0.526. The van der Waals surface area contributed by atoms with Crippen LogP contribution in [0.2, 0.25) is 0 Å². The molecule has 3 nitrogen and oxygen atoms in total. The van der Waals surface area contributed by atoms with Crippen molar-refractivity contribution in [1.29, 1.82) is 0 Å². The molecule has 0 radical (unpaired) electrons. The summed E-state index contributed by atoms with van der Waals surface area (Å²) in [5, 5.41) is 9.78. The Bertz CT molecular complexity index is 590. The van der Waals surface area contributed by atoms with Crippen LogP contribution in [-0.4, -0.2) is 24.1 Å². The predicted octanol–water partition coefficient (Wildman–Crippen LogP) is 4.21. The molecule has 2 aromatic rings. The number of nitrogens with one attached hydrogen (secondary N) is 2. The quantitative estimate of drug-likeness (QED) is 0.839. The first-order valence-corrected chi connectivity index (χ1v) is 8.68. The Morgan fingerprint density at radius 2 is 2.09 bits per heavy atom. The van der Waals surface area contributed by atoms with Crippen molar-refractivity contribution in [3.05, 3.63) is 36.7 Å². The smallest absolute Gasteiger partial charge is 0.0348 e. The number of fused-ring (bicyclic) bond motifs is 1. The lowest BCUT2D eigenvalue weighted by molar-refractivity contribution is 0.318. The molecule has 0 aliphatic carbocycles. The number of pyridine rings is 1. The summed E-state index contributed by atoms with van der Waals surface area (Å²) in [5.41, 5.74) is 1.25. The molecule has 3 heteroatoms. The molecule has 1 atom stereocenters. The van der Waals surface area contributed by atoms with Gasteiger partial charge in [0.2, 0.25) is 0 Å². The summed E-state index contributed by atoms with van der Waals surface area (Å²) in [6.45, 7) is 4.61. The number of unbranched alkanes of at least 4 members (excludes halogenated alkanes) is 1. The second kappa shape index (κ2) is 7.59. The normalized spacial score (nSPS) is 17.5.